The fourth-order valence-electron chi connectivity index (χ4n) is 2.95. The second-order valence-corrected chi connectivity index (χ2v) is 6.36. The van der Waals surface area contributed by atoms with E-state index < -0.39 is 0 Å². The van der Waals surface area contributed by atoms with Gasteiger partial charge in [-0.2, -0.15) is 0 Å². The van der Waals surface area contributed by atoms with Crippen LogP contribution in [0.15, 0.2) is 12.1 Å². The molecule has 0 aliphatic carbocycles. The van der Waals surface area contributed by atoms with E-state index in [-0.39, 0.29) is 11.9 Å². The number of benzene rings is 1. The fraction of sp³-hybridized carbons (Fsp3) is 0.611. The molecule has 0 saturated carbocycles. The van der Waals surface area contributed by atoms with E-state index in [1.807, 2.05) is 20.0 Å². The number of ether oxygens (including phenoxy) is 1. The van der Waals surface area contributed by atoms with Crippen LogP contribution in [0.4, 0.5) is 0 Å². The molecule has 1 fully saturated rings. The third kappa shape index (κ3) is 4.39. The van der Waals surface area contributed by atoms with Gasteiger partial charge in [0.25, 0.3) is 0 Å². The van der Waals surface area contributed by atoms with Crippen LogP contribution in [0, 0.1) is 20.8 Å². The first-order valence-electron chi connectivity index (χ1n) is 7.88. The van der Waals surface area contributed by atoms with Crippen LogP contribution in [0.1, 0.15) is 46.3 Å². The molecule has 3 nitrogen and oxygen atoms in total. The number of likely N-dealkylation sites (N-methyl/N-ethyl adjacent to an activating group) is 1. The predicted octanol–water partition coefficient (Wildman–Crippen LogP) is 3.30. The first-order chi connectivity index (χ1) is 9.97. The SMILES string of the molecule is Cc1cc(C)c(C(=O)CN(C)CC2CCCCO2)cc1C. The highest BCUT2D eigenvalue weighted by Crippen LogP contribution is 2.17. The van der Waals surface area contributed by atoms with Gasteiger partial charge in [-0.15, -0.1) is 0 Å². The summed E-state index contributed by atoms with van der Waals surface area (Å²) in [6, 6.07) is 4.13. The monoisotopic (exact) mass is 289 g/mol. The Hall–Kier alpha value is -1.19. The Kier molecular flexibility index (Phi) is 5.54. The summed E-state index contributed by atoms with van der Waals surface area (Å²) in [4.78, 5) is 14.6. The Labute approximate surface area is 128 Å². The number of carbonyl (C=O) groups is 1. The maximum Gasteiger partial charge on any atom is 0.177 e. The van der Waals surface area contributed by atoms with E-state index in [0.29, 0.717) is 6.54 Å². The fourth-order valence-corrected chi connectivity index (χ4v) is 2.95. The largest absolute Gasteiger partial charge is 0.377 e. The number of ketones is 1. The van der Waals surface area contributed by atoms with Crippen molar-refractivity contribution in [1.29, 1.82) is 0 Å². The van der Waals surface area contributed by atoms with E-state index in [0.717, 1.165) is 30.7 Å². The molecular weight excluding hydrogens is 262 g/mol. The third-order valence-electron chi connectivity index (χ3n) is 4.34. The molecule has 0 amide bonds. The second-order valence-electron chi connectivity index (χ2n) is 6.36. The van der Waals surface area contributed by atoms with Crippen molar-refractivity contribution in [2.24, 2.45) is 0 Å². The van der Waals surface area contributed by atoms with Gasteiger partial charge in [0, 0.05) is 18.7 Å². The summed E-state index contributed by atoms with van der Waals surface area (Å²) >= 11 is 0. The smallest absolute Gasteiger partial charge is 0.177 e. The Morgan fingerprint density at radius 3 is 2.57 bits per heavy atom. The first kappa shape index (κ1) is 16.2. The van der Waals surface area contributed by atoms with E-state index in [1.165, 1.54) is 24.0 Å². The normalized spacial score (nSPS) is 19.0. The van der Waals surface area contributed by atoms with Crippen LogP contribution in [-0.2, 0) is 4.74 Å². The zero-order valence-corrected chi connectivity index (χ0v) is 13.7. The molecule has 1 heterocycles. The lowest BCUT2D eigenvalue weighted by Crippen LogP contribution is -2.36. The molecule has 0 aromatic heterocycles. The summed E-state index contributed by atoms with van der Waals surface area (Å²) in [5.41, 5.74) is 4.36. The molecule has 116 valence electrons. The molecule has 2 rings (SSSR count). The molecule has 1 atom stereocenters. The lowest BCUT2D eigenvalue weighted by Gasteiger charge is -2.27. The molecular formula is C18H27NO2. The number of Topliss-reactive ketones (excluding diaryl/α,β-unsaturated/α-hetero) is 1. The number of rotatable bonds is 5. The Morgan fingerprint density at radius 2 is 1.90 bits per heavy atom. The minimum atomic E-state index is 0.203. The van der Waals surface area contributed by atoms with E-state index in [9.17, 15) is 4.79 Å². The Bertz CT molecular complexity index is 504. The standard InChI is InChI=1S/C18H27NO2/c1-13-9-15(3)17(10-14(13)2)18(20)12-19(4)11-16-7-5-6-8-21-16/h9-10,16H,5-8,11-12H2,1-4H3. The van der Waals surface area contributed by atoms with Crippen LogP contribution in [0.5, 0.6) is 0 Å². The van der Waals surface area contributed by atoms with Gasteiger partial charge in [-0.05, 0) is 69.8 Å². The second kappa shape index (κ2) is 7.19. The van der Waals surface area contributed by atoms with Gasteiger partial charge < -0.3 is 4.74 Å². The summed E-state index contributed by atoms with van der Waals surface area (Å²) in [5, 5.41) is 0. The van der Waals surface area contributed by atoms with Gasteiger partial charge in [0.15, 0.2) is 5.78 Å². The molecule has 1 aromatic rings. The van der Waals surface area contributed by atoms with Crippen LogP contribution in [0.3, 0.4) is 0 Å². The van der Waals surface area contributed by atoms with Crippen LogP contribution >= 0.6 is 0 Å². The number of carbonyl (C=O) groups excluding carboxylic acids is 1. The molecule has 1 unspecified atom stereocenters. The number of aryl methyl sites for hydroxylation is 3. The van der Waals surface area contributed by atoms with Crippen molar-refractivity contribution >= 4 is 5.78 Å². The molecule has 0 radical (unpaired) electrons. The number of nitrogens with zero attached hydrogens (tertiary/aromatic N) is 1. The lowest BCUT2D eigenvalue weighted by molar-refractivity contribution is -0.000671. The molecule has 1 saturated heterocycles. The molecule has 3 heteroatoms. The summed E-state index contributed by atoms with van der Waals surface area (Å²) < 4.78 is 5.74. The van der Waals surface area contributed by atoms with Gasteiger partial charge in [-0.1, -0.05) is 6.07 Å². The average Bonchev–Trinajstić information content (AvgIpc) is 2.43. The minimum absolute atomic E-state index is 0.203. The zero-order valence-electron chi connectivity index (χ0n) is 13.7. The van der Waals surface area contributed by atoms with Gasteiger partial charge >= 0.3 is 0 Å². The lowest BCUT2D eigenvalue weighted by atomic mass is 9.98. The quantitative estimate of drug-likeness (QED) is 0.779. The maximum absolute atomic E-state index is 12.5. The summed E-state index contributed by atoms with van der Waals surface area (Å²) in [7, 11) is 2.01. The molecule has 1 aliphatic heterocycles. The first-order valence-corrected chi connectivity index (χ1v) is 7.88. The number of hydrogen-bond donors (Lipinski definition) is 0. The van der Waals surface area contributed by atoms with Crippen molar-refractivity contribution in [3.05, 3.63) is 34.4 Å². The molecule has 0 N–H and O–H groups in total. The highest BCUT2D eigenvalue weighted by Gasteiger charge is 2.18. The highest BCUT2D eigenvalue weighted by molar-refractivity contribution is 5.99. The van der Waals surface area contributed by atoms with E-state index in [2.05, 4.69) is 24.8 Å². The van der Waals surface area contributed by atoms with Gasteiger partial charge in [0.05, 0.1) is 12.6 Å². The van der Waals surface area contributed by atoms with Gasteiger partial charge in [0.2, 0.25) is 0 Å². The predicted molar refractivity (Wildman–Crippen MR) is 86.1 cm³/mol. The Morgan fingerprint density at radius 1 is 1.19 bits per heavy atom. The molecule has 1 aromatic carbocycles. The topological polar surface area (TPSA) is 29.5 Å². The molecule has 0 spiro atoms. The van der Waals surface area contributed by atoms with Crippen molar-refractivity contribution in [1.82, 2.24) is 4.90 Å². The third-order valence-corrected chi connectivity index (χ3v) is 4.34. The maximum atomic E-state index is 12.5. The van der Waals surface area contributed by atoms with E-state index in [4.69, 9.17) is 4.74 Å². The van der Waals surface area contributed by atoms with Gasteiger partial charge in [-0.3, -0.25) is 9.69 Å². The van der Waals surface area contributed by atoms with Crippen molar-refractivity contribution in [3.63, 3.8) is 0 Å². The minimum Gasteiger partial charge on any atom is -0.377 e. The van der Waals surface area contributed by atoms with Crippen molar-refractivity contribution < 1.29 is 9.53 Å². The molecule has 0 bridgehead atoms. The van der Waals surface area contributed by atoms with E-state index >= 15 is 0 Å². The Balaban J connectivity index is 1.95. The summed E-state index contributed by atoms with van der Waals surface area (Å²) in [6.07, 6.45) is 3.81. The highest BCUT2D eigenvalue weighted by atomic mass is 16.5. The van der Waals surface area contributed by atoms with Crippen LogP contribution in [0.2, 0.25) is 0 Å². The van der Waals surface area contributed by atoms with Gasteiger partial charge in [-0.25, -0.2) is 0 Å². The zero-order chi connectivity index (χ0) is 15.4. The van der Waals surface area contributed by atoms with Crippen LogP contribution < -0.4 is 0 Å². The average molecular weight is 289 g/mol. The summed E-state index contributed by atoms with van der Waals surface area (Å²) in [6.45, 7) is 8.33. The van der Waals surface area contributed by atoms with Crippen molar-refractivity contribution in [2.75, 3.05) is 26.7 Å². The number of hydrogen-bond acceptors (Lipinski definition) is 3. The molecule has 1 aliphatic rings. The van der Waals surface area contributed by atoms with E-state index in [1.54, 1.807) is 0 Å². The van der Waals surface area contributed by atoms with Crippen molar-refractivity contribution in [2.45, 2.75) is 46.1 Å². The van der Waals surface area contributed by atoms with Crippen molar-refractivity contribution in [3.8, 4) is 0 Å². The van der Waals surface area contributed by atoms with Crippen LogP contribution in [0.25, 0.3) is 0 Å². The summed E-state index contributed by atoms with van der Waals surface area (Å²) in [5.74, 6) is 0.203. The molecule has 21 heavy (non-hydrogen) atoms. The van der Waals surface area contributed by atoms with Crippen LogP contribution in [-0.4, -0.2) is 43.5 Å². The van der Waals surface area contributed by atoms with Gasteiger partial charge in [0.1, 0.15) is 0 Å².